The fourth-order valence-electron chi connectivity index (χ4n) is 7.83. The van der Waals surface area contributed by atoms with Crippen molar-refractivity contribution in [1.82, 2.24) is 0 Å². The first-order valence-corrected chi connectivity index (χ1v) is 10.5. The van der Waals surface area contributed by atoms with Crippen LogP contribution in [0.1, 0.15) is 46.0 Å². The van der Waals surface area contributed by atoms with Crippen LogP contribution in [0.3, 0.4) is 0 Å². The zero-order valence-corrected chi connectivity index (χ0v) is 15.7. The van der Waals surface area contributed by atoms with Crippen LogP contribution in [-0.4, -0.2) is 35.9 Å². The van der Waals surface area contributed by atoms with Crippen molar-refractivity contribution in [2.24, 2.45) is 53.3 Å². The maximum Gasteiger partial charge on any atom is 0.347 e. The summed E-state index contributed by atoms with van der Waals surface area (Å²) in [6, 6.07) is 0. The van der Waals surface area contributed by atoms with Gasteiger partial charge in [0, 0.05) is 6.42 Å². The Morgan fingerprint density at radius 1 is 1.15 bits per heavy atom. The van der Waals surface area contributed by atoms with Crippen LogP contribution in [0.15, 0.2) is 0 Å². The first kappa shape index (κ1) is 17.0. The summed E-state index contributed by atoms with van der Waals surface area (Å²) in [6.07, 6.45) is 2.73. The zero-order valence-electron chi connectivity index (χ0n) is 15.7. The average molecular weight is 362 g/mol. The second-order valence-electron chi connectivity index (χ2n) is 9.70. The molecule has 4 aliphatic carbocycles. The van der Waals surface area contributed by atoms with Crippen molar-refractivity contribution in [3.05, 3.63) is 0 Å². The molecule has 0 radical (unpaired) electrons. The fourth-order valence-corrected chi connectivity index (χ4v) is 7.83. The monoisotopic (exact) mass is 362 g/mol. The van der Waals surface area contributed by atoms with E-state index in [1.54, 1.807) is 0 Å². The summed E-state index contributed by atoms with van der Waals surface area (Å²) in [5.74, 6) is 5.65. The number of aliphatic hydroxyl groups excluding tert-OH is 1. The van der Waals surface area contributed by atoms with E-state index < -0.39 is 24.1 Å². The Balaban J connectivity index is 1.22. The van der Waals surface area contributed by atoms with Gasteiger partial charge in [0.05, 0.1) is 19.1 Å². The van der Waals surface area contributed by atoms with Gasteiger partial charge in [-0.25, -0.2) is 4.79 Å². The predicted molar refractivity (Wildman–Crippen MR) is 92.7 cm³/mol. The fraction of sp³-hybridized carbons (Fsp3) is 0.905. The highest BCUT2D eigenvalue weighted by Gasteiger charge is 2.66. The Hall–Kier alpha value is -1.10. The van der Waals surface area contributed by atoms with Crippen LogP contribution in [0.25, 0.3) is 0 Å². The van der Waals surface area contributed by atoms with E-state index >= 15 is 0 Å². The average Bonchev–Trinajstić information content (AvgIpc) is 3.36. The van der Waals surface area contributed by atoms with Crippen molar-refractivity contribution in [2.45, 2.75) is 58.2 Å². The van der Waals surface area contributed by atoms with Crippen molar-refractivity contribution in [3.8, 4) is 0 Å². The highest BCUT2D eigenvalue weighted by molar-refractivity contribution is 5.80. The molecule has 0 aromatic heterocycles. The number of ether oxygens (including phenoxy) is 2. The lowest BCUT2D eigenvalue weighted by molar-refractivity contribution is -0.162. The third-order valence-corrected chi connectivity index (χ3v) is 8.93. The molecule has 4 bridgehead atoms. The minimum atomic E-state index is -0.771. The third kappa shape index (κ3) is 2.31. The number of hydrogen-bond donors (Lipinski definition) is 1. The lowest BCUT2D eigenvalue weighted by atomic mass is 9.61. The van der Waals surface area contributed by atoms with Gasteiger partial charge in [-0.15, -0.1) is 0 Å². The van der Waals surface area contributed by atoms with E-state index in [9.17, 15) is 14.7 Å². The van der Waals surface area contributed by atoms with Crippen LogP contribution in [0.2, 0.25) is 0 Å². The highest BCUT2D eigenvalue weighted by atomic mass is 16.6. The zero-order chi connectivity index (χ0) is 18.2. The molecule has 11 atom stereocenters. The Labute approximate surface area is 154 Å². The molecule has 1 saturated heterocycles. The van der Waals surface area contributed by atoms with Gasteiger partial charge in [0.25, 0.3) is 0 Å². The Morgan fingerprint density at radius 3 is 2.58 bits per heavy atom. The van der Waals surface area contributed by atoms with Crippen LogP contribution in [0.5, 0.6) is 0 Å². The Morgan fingerprint density at radius 2 is 1.88 bits per heavy atom. The number of carbonyl (C=O) groups excluding carboxylic acids is 2. The number of hydrogen-bond acceptors (Lipinski definition) is 5. The number of cyclic esters (lactones) is 1. The van der Waals surface area contributed by atoms with Crippen LogP contribution < -0.4 is 0 Å². The van der Waals surface area contributed by atoms with Gasteiger partial charge in [-0.2, -0.15) is 0 Å². The molecule has 144 valence electrons. The van der Waals surface area contributed by atoms with Gasteiger partial charge in [0.2, 0.25) is 6.10 Å². The summed E-state index contributed by atoms with van der Waals surface area (Å²) in [6.45, 7) is 5.17. The maximum atomic E-state index is 12.2. The molecule has 4 saturated carbocycles. The molecule has 11 unspecified atom stereocenters. The standard InChI is InChI=1S/C21H30O5/c1-9-10(2)13-7-12(9)19-11-5-14(15(6-11)20(13)19)16(22)8-18(23)26-17-3-4-25-21(17)24/h9-17,19-20,22H,3-8H2,1-2H3. The van der Waals surface area contributed by atoms with Crippen molar-refractivity contribution in [2.75, 3.05) is 6.61 Å². The second-order valence-corrected chi connectivity index (χ2v) is 9.70. The topological polar surface area (TPSA) is 72.8 Å². The minimum Gasteiger partial charge on any atom is -0.463 e. The minimum absolute atomic E-state index is 0.00903. The van der Waals surface area contributed by atoms with Crippen molar-refractivity contribution < 1.29 is 24.2 Å². The summed E-state index contributed by atoms with van der Waals surface area (Å²) in [5.41, 5.74) is 0. The van der Waals surface area contributed by atoms with Gasteiger partial charge in [0.15, 0.2) is 0 Å². The number of rotatable bonds is 4. The first-order chi connectivity index (χ1) is 12.5. The molecule has 1 aliphatic heterocycles. The van der Waals surface area contributed by atoms with Gasteiger partial charge in [-0.3, -0.25) is 4.79 Å². The van der Waals surface area contributed by atoms with Gasteiger partial charge in [-0.1, -0.05) is 13.8 Å². The van der Waals surface area contributed by atoms with E-state index in [0.29, 0.717) is 18.9 Å². The molecular weight excluding hydrogens is 332 g/mol. The second kappa shape index (κ2) is 5.95. The van der Waals surface area contributed by atoms with Crippen molar-refractivity contribution in [3.63, 3.8) is 0 Å². The van der Waals surface area contributed by atoms with E-state index in [4.69, 9.17) is 9.47 Å². The molecule has 5 rings (SSSR count). The van der Waals surface area contributed by atoms with E-state index in [0.717, 1.165) is 47.8 Å². The van der Waals surface area contributed by atoms with Gasteiger partial charge in [-0.05, 0) is 72.5 Å². The van der Waals surface area contributed by atoms with Crippen LogP contribution in [0.4, 0.5) is 0 Å². The smallest absolute Gasteiger partial charge is 0.347 e. The Bertz CT molecular complexity index is 618. The number of aliphatic hydroxyl groups is 1. The number of esters is 2. The van der Waals surface area contributed by atoms with Gasteiger partial charge >= 0.3 is 11.9 Å². The lowest BCUT2D eigenvalue weighted by Gasteiger charge is -2.44. The number of fused-ring (bicyclic) bond motifs is 9. The van der Waals surface area contributed by atoms with E-state index in [-0.39, 0.29) is 12.3 Å². The molecule has 0 aromatic rings. The molecule has 1 heterocycles. The number of carbonyl (C=O) groups is 2. The summed E-state index contributed by atoms with van der Waals surface area (Å²) in [4.78, 5) is 23.6. The molecule has 0 aromatic carbocycles. The lowest BCUT2D eigenvalue weighted by Crippen LogP contribution is -2.42. The van der Waals surface area contributed by atoms with Crippen molar-refractivity contribution in [1.29, 1.82) is 0 Å². The van der Waals surface area contributed by atoms with E-state index in [2.05, 4.69) is 13.8 Å². The first-order valence-electron chi connectivity index (χ1n) is 10.5. The molecule has 26 heavy (non-hydrogen) atoms. The summed E-state index contributed by atoms with van der Waals surface area (Å²) in [5, 5.41) is 10.8. The summed E-state index contributed by atoms with van der Waals surface area (Å²) < 4.78 is 10.1. The van der Waals surface area contributed by atoms with Crippen molar-refractivity contribution >= 4 is 11.9 Å². The third-order valence-electron chi connectivity index (χ3n) is 8.93. The molecule has 5 nitrogen and oxygen atoms in total. The highest BCUT2D eigenvalue weighted by Crippen LogP contribution is 2.71. The van der Waals surface area contributed by atoms with Crippen LogP contribution in [-0.2, 0) is 19.1 Å². The molecule has 0 spiro atoms. The molecule has 5 aliphatic rings. The van der Waals surface area contributed by atoms with E-state index in [1.807, 2.05) is 0 Å². The normalized spacial score (nSPS) is 52.2. The molecule has 1 N–H and O–H groups in total. The predicted octanol–water partition coefficient (Wildman–Crippen LogP) is 2.41. The largest absolute Gasteiger partial charge is 0.463 e. The quantitative estimate of drug-likeness (QED) is 0.614. The maximum absolute atomic E-state index is 12.2. The molecular formula is C21H30O5. The van der Waals surface area contributed by atoms with E-state index in [1.165, 1.54) is 12.8 Å². The van der Waals surface area contributed by atoms with Crippen LogP contribution in [0, 0.1) is 53.3 Å². The van der Waals surface area contributed by atoms with Crippen LogP contribution >= 0.6 is 0 Å². The molecule has 5 heteroatoms. The Kier molecular flexibility index (Phi) is 3.90. The molecule has 0 amide bonds. The SMILES string of the molecule is CC1C(C)C2CC1C1C3CC(C(O)CC(=O)OC4CCOC4=O)C(C3)C21. The molecule has 5 fully saturated rings. The van der Waals surface area contributed by atoms with Gasteiger partial charge in [0.1, 0.15) is 0 Å². The summed E-state index contributed by atoms with van der Waals surface area (Å²) in [7, 11) is 0. The summed E-state index contributed by atoms with van der Waals surface area (Å²) >= 11 is 0. The van der Waals surface area contributed by atoms with Gasteiger partial charge < -0.3 is 14.6 Å².